The molecule has 0 atom stereocenters. The molecular formula is C11H10ClN3O. The summed E-state index contributed by atoms with van der Waals surface area (Å²) in [6, 6.07) is 7.86. The maximum Gasteiger partial charge on any atom is 0.312 e. The summed E-state index contributed by atoms with van der Waals surface area (Å²) < 4.78 is 5.32. The van der Waals surface area contributed by atoms with Crippen molar-refractivity contribution in [3.63, 3.8) is 0 Å². The van der Waals surface area contributed by atoms with Crippen LogP contribution in [0.2, 0.25) is 5.02 Å². The average Bonchev–Trinajstić information content (AvgIpc) is 2.97. The lowest BCUT2D eigenvalue weighted by atomic mass is 9.96. The highest BCUT2D eigenvalue weighted by molar-refractivity contribution is 6.30. The Balaban J connectivity index is 2.03. The van der Waals surface area contributed by atoms with E-state index in [1.807, 2.05) is 24.3 Å². The molecule has 1 aliphatic carbocycles. The SMILES string of the molecule is Nc1nnc(C2(c3ccc(Cl)cc3)CC2)o1. The number of rotatable bonds is 2. The summed E-state index contributed by atoms with van der Waals surface area (Å²) in [5, 5.41) is 8.40. The fourth-order valence-corrected chi connectivity index (χ4v) is 2.07. The molecule has 0 spiro atoms. The van der Waals surface area contributed by atoms with Gasteiger partial charge in [-0.3, -0.25) is 0 Å². The monoisotopic (exact) mass is 235 g/mol. The van der Waals surface area contributed by atoms with E-state index >= 15 is 0 Å². The molecule has 82 valence electrons. The van der Waals surface area contributed by atoms with Crippen LogP contribution in [0.15, 0.2) is 28.7 Å². The average molecular weight is 236 g/mol. The Bertz CT molecular complexity index is 516. The van der Waals surface area contributed by atoms with E-state index in [0.717, 1.165) is 23.4 Å². The second-order valence-corrected chi connectivity index (χ2v) is 4.47. The van der Waals surface area contributed by atoms with E-state index < -0.39 is 0 Å². The molecule has 3 rings (SSSR count). The molecule has 5 heteroatoms. The predicted molar refractivity (Wildman–Crippen MR) is 60.2 cm³/mol. The van der Waals surface area contributed by atoms with Crippen LogP contribution in [-0.4, -0.2) is 10.2 Å². The summed E-state index contributed by atoms with van der Waals surface area (Å²) in [6.07, 6.45) is 2.02. The number of nitrogens with zero attached hydrogens (tertiary/aromatic N) is 2. The highest BCUT2D eigenvalue weighted by Crippen LogP contribution is 2.53. The lowest BCUT2D eigenvalue weighted by Gasteiger charge is -2.10. The summed E-state index contributed by atoms with van der Waals surface area (Å²) in [7, 11) is 0. The number of nitrogens with two attached hydrogens (primary N) is 1. The normalized spacial score (nSPS) is 17.3. The van der Waals surface area contributed by atoms with Gasteiger partial charge in [0.25, 0.3) is 0 Å². The zero-order valence-electron chi connectivity index (χ0n) is 8.48. The van der Waals surface area contributed by atoms with Crippen molar-refractivity contribution in [1.82, 2.24) is 10.2 Å². The summed E-state index contributed by atoms with van der Waals surface area (Å²) in [4.78, 5) is 0. The third-order valence-corrected chi connectivity index (χ3v) is 3.25. The molecule has 2 N–H and O–H groups in total. The Hall–Kier alpha value is -1.55. The topological polar surface area (TPSA) is 64.9 Å². The standard InChI is InChI=1S/C11H10ClN3O/c12-8-3-1-7(2-4-8)11(5-6-11)9-14-15-10(13)16-9/h1-4H,5-6H2,(H2,13,15). The predicted octanol–water partition coefficient (Wildman–Crippen LogP) is 2.39. The van der Waals surface area contributed by atoms with E-state index in [2.05, 4.69) is 10.2 Å². The number of halogens is 1. The van der Waals surface area contributed by atoms with Gasteiger partial charge >= 0.3 is 6.01 Å². The van der Waals surface area contributed by atoms with Gasteiger partial charge in [0.15, 0.2) is 0 Å². The Kier molecular flexibility index (Phi) is 1.94. The van der Waals surface area contributed by atoms with E-state index in [-0.39, 0.29) is 11.4 Å². The van der Waals surface area contributed by atoms with E-state index in [4.69, 9.17) is 21.8 Å². The van der Waals surface area contributed by atoms with Crippen molar-refractivity contribution >= 4 is 17.6 Å². The molecule has 0 aliphatic heterocycles. The van der Waals surface area contributed by atoms with Crippen LogP contribution in [0.4, 0.5) is 6.01 Å². The van der Waals surface area contributed by atoms with Crippen LogP contribution in [0, 0.1) is 0 Å². The first-order valence-corrected chi connectivity index (χ1v) is 5.44. The molecule has 1 aliphatic rings. The number of anilines is 1. The van der Waals surface area contributed by atoms with E-state index in [0.29, 0.717) is 5.89 Å². The molecule has 0 amide bonds. The lowest BCUT2D eigenvalue weighted by molar-refractivity contribution is 0.476. The molecule has 0 unspecified atom stereocenters. The number of benzene rings is 1. The van der Waals surface area contributed by atoms with E-state index in [1.165, 1.54) is 0 Å². The van der Waals surface area contributed by atoms with Gasteiger partial charge in [-0.2, -0.15) is 0 Å². The first kappa shape index (κ1) is 9.66. The molecular weight excluding hydrogens is 226 g/mol. The second-order valence-electron chi connectivity index (χ2n) is 4.03. The van der Waals surface area contributed by atoms with Gasteiger partial charge in [0.05, 0.1) is 5.41 Å². The highest BCUT2D eigenvalue weighted by Gasteiger charge is 2.50. The van der Waals surface area contributed by atoms with E-state index in [1.54, 1.807) is 0 Å². The van der Waals surface area contributed by atoms with Crippen LogP contribution < -0.4 is 5.73 Å². The van der Waals surface area contributed by atoms with Crippen LogP contribution in [0.25, 0.3) is 0 Å². The van der Waals surface area contributed by atoms with Crippen LogP contribution in [0.3, 0.4) is 0 Å². The fourth-order valence-electron chi connectivity index (χ4n) is 1.95. The third-order valence-electron chi connectivity index (χ3n) is 3.00. The van der Waals surface area contributed by atoms with Crippen molar-refractivity contribution in [1.29, 1.82) is 0 Å². The van der Waals surface area contributed by atoms with Crippen molar-refractivity contribution in [2.24, 2.45) is 0 Å². The molecule has 4 nitrogen and oxygen atoms in total. The van der Waals surface area contributed by atoms with Gasteiger partial charge in [0, 0.05) is 5.02 Å². The summed E-state index contributed by atoms with van der Waals surface area (Å²) in [6.45, 7) is 0. The van der Waals surface area contributed by atoms with Crippen molar-refractivity contribution in [2.75, 3.05) is 5.73 Å². The summed E-state index contributed by atoms with van der Waals surface area (Å²) in [5.41, 5.74) is 6.47. The molecule has 1 aromatic carbocycles. The van der Waals surface area contributed by atoms with Crippen molar-refractivity contribution in [2.45, 2.75) is 18.3 Å². The maximum absolute atomic E-state index is 5.86. The molecule has 0 bridgehead atoms. The van der Waals surface area contributed by atoms with Gasteiger partial charge in [-0.1, -0.05) is 28.8 Å². The van der Waals surface area contributed by atoms with Gasteiger partial charge in [0.2, 0.25) is 5.89 Å². The van der Waals surface area contributed by atoms with E-state index in [9.17, 15) is 0 Å². The molecule has 16 heavy (non-hydrogen) atoms. The Morgan fingerprint density at radius 3 is 2.38 bits per heavy atom. The van der Waals surface area contributed by atoms with Gasteiger partial charge < -0.3 is 10.2 Å². The molecule has 1 heterocycles. The fraction of sp³-hybridized carbons (Fsp3) is 0.273. The number of hydrogen-bond donors (Lipinski definition) is 1. The Morgan fingerprint density at radius 1 is 1.19 bits per heavy atom. The zero-order valence-corrected chi connectivity index (χ0v) is 9.24. The Morgan fingerprint density at radius 2 is 1.88 bits per heavy atom. The van der Waals surface area contributed by atoms with Crippen molar-refractivity contribution in [3.05, 3.63) is 40.7 Å². The third kappa shape index (κ3) is 1.38. The van der Waals surface area contributed by atoms with Crippen LogP contribution in [0.1, 0.15) is 24.3 Å². The summed E-state index contributed by atoms with van der Waals surface area (Å²) in [5.74, 6) is 0.604. The van der Waals surface area contributed by atoms with Gasteiger partial charge in [-0.05, 0) is 30.5 Å². The van der Waals surface area contributed by atoms with Crippen molar-refractivity contribution in [3.8, 4) is 0 Å². The molecule has 0 radical (unpaired) electrons. The van der Waals surface area contributed by atoms with Crippen LogP contribution in [-0.2, 0) is 5.41 Å². The number of aromatic nitrogens is 2. The molecule has 1 fully saturated rings. The molecule has 2 aromatic rings. The zero-order chi connectivity index (χ0) is 11.2. The summed E-state index contributed by atoms with van der Waals surface area (Å²) >= 11 is 5.86. The Labute approximate surface area is 97.4 Å². The largest absolute Gasteiger partial charge is 0.407 e. The van der Waals surface area contributed by atoms with Crippen LogP contribution >= 0.6 is 11.6 Å². The van der Waals surface area contributed by atoms with Crippen LogP contribution in [0.5, 0.6) is 0 Å². The van der Waals surface area contributed by atoms with Gasteiger partial charge in [-0.25, -0.2) is 0 Å². The smallest absolute Gasteiger partial charge is 0.312 e. The highest BCUT2D eigenvalue weighted by atomic mass is 35.5. The van der Waals surface area contributed by atoms with Crippen molar-refractivity contribution < 1.29 is 4.42 Å². The second kappa shape index (κ2) is 3.22. The van der Waals surface area contributed by atoms with Gasteiger partial charge in [0.1, 0.15) is 0 Å². The first-order chi connectivity index (χ1) is 7.71. The lowest BCUT2D eigenvalue weighted by Crippen LogP contribution is -2.08. The molecule has 1 aromatic heterocycles. The maximum atomic E-state index is 5.86. The molecule has 0 saturated heterocycles. The molecule has 1 saturated carbocycles. The quantitative estimate of drug-likeness (QED) is 0.868. The number of hydrogen-bond acceptors (Lipinski definition) is 4. The van der Waals surface area contributed by atoms with Gasteiger partial charge in [-0.15, -0.1) is 5.10 Å². The minimum Gasteiger partial charge on any atom is -0.407 e. The number of nitrogen functional groups attached to an aromatic ring is 1. The minimum absolute atomic E-state index is 0.121. The minimum atomic E-state index is -0.130. The first-order valence-electron chi connectivity index (χ1n) is 5.06.